The summed E-state index contributed by atoms with van der Waals surface area (Å²) in [5, 5.41) is 12.3. The zero-order valence-corrected chi connectivity index (χ0v) is 17.1. The van der Waals surface area contributed by atoms with E-state index in [9.17, 15) is 4.79 Å². The number of nitrogens with one attached hydrogen (secondary N) is 1. The molecule has 0 radical (unpaired) electrons. The van der Waals surface area contributed by atoms with Crippen LogP contribution >= 0.6 is 35.0 Å². The number of fused-ring (bicyclic) bond motifs is 1. The van der Waals surface area contributed by atoms with Crippen LogP contribution in [0.15, 0.2) is 29.6 Å². The molecular formula is C18H18Cl2N4OS. The topological polar surface area (TPSA) is 59.3 Å². The number of hydrogen-bond donors (Lipinski definition) is 1. The van der Waals surface area contributed by atoms with Crippen LogP contribution in [0.3, 0.4) is 0 Å². The zero-order valence-electron chi connectivity index (χ0n) is 14.8. The van der Waals surface area contributed by atoms with Crippen molar-refractivity contribution in [2.45, 2.75) is 38.1 Å². The van der Waals surface area contributed by atoms with Crippen LogP contribution in [-0.4, -0.2) is 25.8 Å². The number of rotatable bonds is 4. The maximum absolute atomic E-state index is 12.7. The number of pyridine rings is 1. The van der Waals surface area contributed by atoms with Gasteiger partial charge in [-0.25, -0.2) is 0 Å². The molecule has 0 saturated carbocycles. The van der Waals surface area contributed by atoms with Gasteiger partial charge < -0.3 is 5.32 Å². The van der Waals surface area contributed by atoms with Crippen molar-refractivity contribution in [3.8, 4) is 0 Å². The summed E-state index contributed by atoms with van der Waals surface area (Å²) >= 11 is 13.5. The Bertz CT molecular complexity index is 979. The molecule has 0 aliphatic rings. The highest BCUT2D eigenvalue weighted by Crippen LogP contribution is 2.29. The predicted octanol–water partition coefficient (Wildman–Crippen LogP) is 5.08. The van der Waals surface area contributed by atoms with Gasteiger partial charge in [0.05, 0.1) is 15.3 Å². The van der Waals surface area contributed by atoms with Gasteiger partial charge in [0.15, 0.2) is 10.8 Å². The first kappa shape index (κ1) is 19.0. The van der Waals surface area contributed by atoms with Crippen LogP contribution in [0.25, 0.3) is 5.65 Å². The lowest BCUT2D eigenvalue weighted by Gasteiger charge is -2.15. The van der Waals surface area contributed by atoms with Crippen LogP contribution in [-0.2, 0) is 4.79 Å². The molecule has 0 unspecified atom stereocenters. The molecule has 2 heterocycles. The zero-order chi connectivity index (χ0) is 19.0. The third-order valence-corrected chi connectivity index (χ3v) is 5.51. The third-order valence-electron chi connectivity index (χ3n) is 3.97. The summed E-state index contributed by atoms with van der Waals surface area (Å²) < 4.78 is 1.70. The monoisotopic (exact) mass is 408 g/mol. The van der Waals surface area contributed by atoms with E-state index in [-0.39, 0.29) is 11.2 Å². The Balaban J connectivity index is 1.80. The first-order valence-corrected chi connectivity index (χ1v) is 9.65. The highest BCUT2D eigenvalue weighted by Gasteiger charge is 2.20. The van der Waals surface area contributed by atoms with Gasteiger partial charge in [0, 0.05) is 11.9 Å². The molecule has 0 spiro atoms. The maximum atomic E-state index is 12.7. The molecule has 0 aliphatic carbocycles. The van der Waals surface area contributed by atoms with E-state index in [1.54, 1.807) is 16.7 Å². The Kier molecular flexibility index (Phi) is 5.46. The van der Waals surface area contributed by atoms with E-state index < -0.39 is 0 Å². The van der Waals surface area contributed by atoms with E-state index in [1.807, 2.05) is 27.7 Å². The lowest BCUT2D eigenvalue weighted by atomic mass is 10.1. The van der Waals surface area contributed by atoms with Crippen molar-refractivity contribution < 1.29 is 4.79 Å². The quantitative estimate of drug-likeness (QED) is 0.611. The number of benzene rings is 1. The highest BCUT2D eigenvalue weighted by molar-refractivity contribution is 8.00. The number of aromatic nitrogens is 3. The normalized spacial score (nSPS) is 12.4. The summed E-state index contributed by atoms with van der Waals surface area (Å²) in [5.41, 5.74) is 4.62. The third kappa shape index (κ3) is 3.82. The number of hydrogen-bond acceptors (Lipinski definition) is 4. The summed E-state index contributed by atoms with van der Waals surface area (Å²) in [5.74, 6) is -0.102. The van der Waals surface area contributed by atoms with Gasteiger partial charge in [0.1, 0.15) is 0 Å². The van der Waals surface area contributed by atoms with Crippen molar-refractivity contribution in [3.63, 3.8) is 0 Å². The fourth-order valence-corrected chi connectivity index (χ4v) is 4.13. The van der Waals surface area contributed by atoms with E-state index >= 15 is 0 Å². The van der Waals surface area contributed by atoms with Crippen LogP contribution in [0.1, 0.15) is 23.6 Å². The smallest absolute Gasteiger partial charge is 0.237 e. The number of carbonyl (C=O) groups is 1. The van der Waals surface area contributed by atoms with Gasteiger partial charge in [-0.1, -0.05) is 52.7 Å². The largest absolute Gasteiger partial charge is 0.325 e. The van der Waals surface area contributed by atoms with Crippen LogP contribution < -0.4 is 5.32 Å². The van der Waals surface area contributed by atoms with E-state index in [4.69, 9.17) is 23.2 Å². The molecule has 1 aromatic carbocycles. The van der Waals surface area contributed by atoms with Crippen molar-refractivity contribution in [3.05, 3.63) is 51.1 Å². The number of aryl methyl sites for hydroxylation is 3. The lowest BCUT2D eigenvalue weighted by molar-refractivity contribution is -0.115. The first-order chi connectivity index (χ1) is 12.3. The van der Waals surface area contributed by atoms with Crippen LogP contribution in [0.4, 0.5) is 5.69 Å². The number of anilines is 1. The number of amides is 1. The number of halogens is 2. The molecule has 1 N–H and O–H groups in total. The summed E-state index contributed by atoms with van der Waals surface area (Å²) in [4.78, 5) is 12.7. The fraction of sp³-hybridized carbons (Fsp3) is 0.278. The molecule has 2 aromatic heterocycles. The molecule has 136 valence electrons. The molecular weight excluding hydrogens is 391 g/mol. The molecule has 8 heteroatoms. The molecule has 5 nitrogen and oxygen atoms in total. The van der Waals surface area contributed by atoms with Gasteiger partial charge in [-0.3, -0.25) is 9.20 Å². The van der Waals surface area contributed by atoms with Crippen molar-refractivity contribution in [2.75, 3.05) is 5.32 Å². The summed E-state index contributed by atoms with van der Waals surface area (Å²) in [6.45, 7) is 7.84. The molecule has 3 rings (SSSR count). The van der Waals surface area contributed by atoms with Crippen LogP contribution in [0, 0.1) is 20.8 Å². The Morgan fingerprint density at radius 2 is 1.81 bits per heavy atom. The van der Waals surface area contributed by atoms with Crippen molar-refractivity contribution >= 4 is 52.2 Å². The molecule has 3 aromatic rings. The Labute approximate surface area is 166 Å². The summed E-state index contributed by atoms with van der Waals surface area (Å²) in [6.07, 6.45) is 1.68. The first-order valence-electron chi connectivity index (χ1n) is 8.01. The molecule has 0 aliphatic heterocycles. The number of nitrogens with zero attached hydrogens (tertiary/aromatic N) is 3. The second-order valence-electron chi connectivity index (χ2n) is 6.21. The van der Waals surface area contributed by atoms with Gasteiger partial charge in [0.2, 0.25) is 5.91 Å². The minimum Gasteiger partial charge on any atom is -0.325 e. The van der Waals surface area contributed by atoms with E-state index in [2.05, 4.69) is 27.6 Å². The molecule has 26 heavy (non-hydrogen) atoms. The van der Waals surface area contributed by atoms with E-state index in [0.717, 1.165) is 16.8 Å². The molecule has 1 amide bonds. The average Bonchev–Trinajstić information content (AvgIpc) is 2.93. The van der Waals surface area contributed by atoms with Gasteiger partial charge >= 0.3 is 0 Å². The predicted molar refractivity (Wildman–Crippen MR) is 108 cm³/mol. The number of thioether (sulfide) groups is 1. The van der Waals surface area contributed by atoms with Gasteiger partial charge in [-0.2, -0.15) is 0 Å². The molecule has 0 fully saturated rings. The van der Waals surface area contributed by atoms with Gasteiger partial charge in [-0.15, -0.1) is 10.2 Å². The van der Waals surface area contributed by atoms with Crippen molar-refractivity contribution in [1.82, 2.24) is 14.6 Å². The standard InChI is InChI=1S/C18H18Cl2N4OS/c1-9-5-10(2)15(11(3)6-9)21-17(25)12(4)26-18-23-22-16-14(20)7-13(19)8-24(16)18/h5-8,12H,1-4H3,(H,21,25)/t12-/m1/s1. The van der Waals surface area contributed by atoms with Gasteiger partial charge in [0.25, 0.3) is 0 Å². The van der Waals surface area contributed by atoms with E-state index in [1.165, 1.54) is 17.3 Å². The summed E-state index contributed by atoms with van der Waals surface area (Å²) in [7, 11) is 0. The lowest BCUT2D eigenvalue weighted by Crippen LogP contribution is -2.23. The highest BCUT2D eigenvalue weighted by atomic mass is 35.5. The summed E-state index contributed by atoms with van der Waals surface area (Å²) in [6, 6.07) is 5.72. The van der Waals surface area contributed by atoms with Crippen LogP contribution in [0.2, 0.25) is 10.0 Å². The van der Waals surface area contributed by atoms with E-state index in [0.29, 0.717) is 20.8 Å². The molecule has 0 bridgehead atoms. The van der Waals surface area contributed by atoms with Crippen LogP contribution in [0.5, 0.6) is 0 Å². The maximum Gasteiger partial charge on any atom is 0.237 e. The number of carbonyl (C=O) groups excluding carboxylic acids is 1. The SMILES string of the molecule is Cc1cc(C)c(NC(=O)[C@@H](C)Sc2nnc3c(Cl)cc(Cl)cn23)c(C)c1. The minimum atomic E-state index is -0.375. The fourth-order valence-electron chi connectivity index (χ4n) is 2.80. The minimum absolute atomic E-state index is 0.102. The van der Waals surface area contributed by atoms with Crippen molar-refractivity contribution in [1.29, 1.82) is 0 Å². The van der Waals surface area contributed by atoms with Crippen molar-refractivity contribution in [2.24, 2.45) is 0 Å². The molecule has 0 saturated heterocycles. The Hall–Kier alpha value is -1.76. The molecule has 1 atom stereocenters. The average molecular weight is 409 g/mol. The van der Waals surface area contributed by atoms with Gasteiger partial charge in [-0.05, 0) is 44.9 Å². The second-order valence-corrected chi connectivity index (χ2v) is 8.36. The second kappa shape index (κ2) is 7.47. The Morgan fingerprint density at radius 3 is 2.46 bits per heavy atom. The Morgan fingerprint density at radius 1 is 1.15 bits per heavy atom.